The molecular weight excluding hydrogens is 351 g/mol. The number of hydrogen-bond acceptors (Lipinski definition) is 4. The molecule has 1 atom stereocenters. The van der Waals surface area contributed by atoms with Crippen molar-refractivity contribution in [3.05, 3.63) is 0 Å². The minimum Gasteiger partial charge on any atom is -0.463 e. The van der Waals surface area contributed by atoms with Gasteiger partial charge in [-0.1, -0.05) is 35.1 Å². The lowest BCUT2D eigenvalue weighted by molar-refractivity contribution is -0.312. The molecule has 0 aliphatic carbocycles. The zero-order valence-corrected chi connectivity index (χ0v) is 14.8. The summed E-state index contributed by atoms with van der Waals surface area (Å²) in [6.07, 6.45) is -8.23. The molecule has 0 amide bonds. The van der Waals surface area contributed by atoms with Crippen molar-refractivity contribution in [2.45, 2.75) is 80.2 Å². The Morgan fingerprint density at radius 1 is 0.720 bits per heavy atom. The highest BCUT2D eigenvalue weighted by atomic mass is 19.4. The van der Waals surface area contributed by atoms with Gasteiger partial charge in [0.25, 0.3) is 0 Å². The van der Waals surface area contributed by atoms with Crippen molar-refractivity contribution >= 4 is 11.9 Å². The second-order valence-electron chi connectivity index (χ2n) is 5.99. The number of esters is 2. The summed E-state index contributed by atoms with van der Waals surface area (Å²) in [4.78, 5) is 21.5. The topological polar surface area (TPSA) is 52.6 Å². The summed E-state index contributed by atoms with van der Waals surface area (Å²) in [6.45, 7) is 10.5. The summed E-state index contributed by atoms with van der Waals surface area (Å²) < 4.78 is 69.3. The van der Waals surface area contributed by atoms with Gasteiger partial charge >= 0.3 is 24.0 Å². The second kappa shape index (κ2) is 11.3. The molecule has 25 heavy (non-hydrogen) atoms. The van der Waals surface area contributed by atoms with E-state index in [0.29, 0.717) is 6.92 Å². The average Bonchev–Trinajstić information content (AvgIpc) is 2.36. The fourth-order valence-electron chi connectivity index (χ4n) is 0.983. The zero-order chi connectivity index (χ0) is 19.9. The van der Waals surface area contributed by atoms with E-state index in [-0.39, 0.29) is 25.4 Å². The first-order valence-corrected chi connectivity index (χ1v) is 7.39. The van der Waals surface area contributed by atoms with E-state index in [1.807, 2.05) is 27.7 Å². The molecule has 1 unspecified atom stereocenters. The van der Waals surface area contributed by atoms with Crippen molar-refractivity contribution in [3.63, 3.8) is 0 Å². The van der Waals surface area contributed by atoms with Crippen LogP contribution in [0.1, 0.15) is 55.9 Å². The maximum atomic E-state index is 12.5. The average molecular weight is 380 g/mol. The molecular formula is C16H29F5O4. The van der Waals surface area contributed by atoms with Crippen LogP contribution in [0.25, 0.3) is 0 Å². The van der Waals surface area contributed by atoms with Crippen LogP contribution in [0, 0.1) is 11.8 Å². The van der Waals surface area contributed by atoms with Gasteiger partial charge in [-0.25, -0.2) is 0 Å². The molecule has 0 radical (unpaired) electrons. The van der Waals surface area contributed by atoms with E-state index in [2.05, 4.69) is 4.74 Å². The highest BCUT2D eigenvalue weighted by Crippen LogP contribution is 2.39. The van der Waals surface area contributed by atoms with Gasteiger partial charge in [-0.3, -0.25) is 9.59 Å². The van der Waals surface area contributed by atoms with Crippen LogP contribution in [-0.4, -0.2) is 36.2 Å². The van der Waals surface area contributed by atoms with Gasteiger partial charge in [-0.15, -0.1) is 0 Å². The molecule has 0 fully saturated rings. The minimum atomic E-state index is -5.72. The largest absolute Gasteiger partial charge is 0.463 e. The highest BCUT2D eigenvalue weighted by Gasteiger charge is 2.62. The molecule has 0 aliphatic heterocycles. The summed E-state index contributed by atoms with van der Waals surface area (Å²) in [5.74, 6) is -7.00. The van der Waals surface area contributed by atoms with Gasteiger partial charge in [0.1, 0.15) is 0 Å². The number of ether oxygens (including phenoxy) is 2. The molecule has 0 aliphatic rings. The summed E-state index contributed by atoms with van der Waals surface area (Å²) in [5.41, 5.74) is 0. The predicted molar refractivity (Wildman–Crippen MR) is 84.2 cm³/mol. The maximum Gasteiger partial charge on any atom is 0.457 e. The summed E-state index contributed by atoms with van der Waals surface area (Å²) >= 11 is 0. The molecule has 9 heteroatoms. The first-order valence-electron chi connectivity index (χ1n) is 7.39. The van der Waals surface area contributed by atoms with Crippen molar-refractivity contribution in [2.24, 2.45) is 11.8 Å². The lowest BCUT2D eigenvalue weighted by atomic mass is 10.2. The van der Waals surface area contributed by atoms with Gasteiger partial charge in [0.15, 0.2) is 6.10 Å². The van der Waals surface area contributed by atoms with Gasteiger partial charge < -0.3 is 9.47 Å². The zero-order valence-electron chi connectivity index (χ0n) is 14.8. The van der Waals surface area contributed by atoms with Gasteiger partial charge in [0, 0.05) is 0 Å². The standard InChI is InChI=1S/C8H11F5O2.C7H14O2.CH4/c1-4(2)6(14)15-5(3)7(9,10)8(11,12)13;1-5(2)7(8)9-6(3)4;/h4-5H,1-3H3;5-6H,1-4H3;1H4. The monoisotopic (exact) mass is 380 g/mol. The van der Waals surface area contributed by atoms with Crippen LogP contribution in [-0.2, 0) is 19.1 Å². The van der Waals surface area contributed by atoms with Crippen LogP contribution in [0.4, 0.5) is 22.0 Å². The molecule has 0 saturated heterocycles. The maximum absolute atomic E-state index is 12.5. The summed E-state index contributed by atoms with van der Waals surface area (Å²) in [6, 6.07) is 0. The molecule has 0 bridgehead atoms. The van der Waals surface area contributed by atoms with Gasteiger partial charge in [0.05, 0.1) is 17.9 Å². The van der Waals surface area contributed by atoms with Crippen LogP contribution in [0.5, 0.6) is 0 Å². The van der Waals surface area contributed by atoms with E-state index in [4.69, 9.17) is 4.74 Å². The third kappa shape index (κ3) is 10.9. The van der Waals surface area contributed by atoms with Crippen molar-refractivity contribution in [2.75, 3.05) is 0 Å². The van der Waals surface area contributed by atoms with Crippen LogP contribution < -0.4 is 0 Å². The van der Waals surface area contributed by atoms with E-state index in [1.165, 1.54) is 13.8 Å². The van der Waals surface area contributed by atoms with Crippen LogP contribution in [0.3, 0.4) is 0 Å². The van der Waals surface area contributed by atoms with Crippen LogP contribution in [0.2, 0.25) is 0 Å². The molecule has 0 aromatic rings. The Balaban J connectivity index is -0.000000418. The Morgan fingerprint density at radius 3 is 1.24 bits per heavy atom. The van der Waals surface area contributed by atoms with Crippen molar-refractivity contribution in [3.8, 4) is 0 Å². The number of alkyl halides is 5. The number of rotatable bonds is 5. The van der Waals surface area contributed by atoms with E-state index < -0.39 is 30.1 Å². The van der Waals surface area contributed by atoms with E-state index in [1.54, 1.807) is 0 Å². The lowest BCUT2D eigenvalue weighted by Crippen LogP contribution is -2.47. The van der Waals surface area contributed by atoms with E-state index in [9.17, 15) is 31.5 Å². The first-order chi connectivity index (χ1) is 10.5. The van der Waals surface area contributed by atoms with Crippen LogP contribution in [0.15, 0.2) is 0 Å². The van der Waals surface area contributed by atoms with E-state index >= 15 is 0 Å². The quantitative estimate of drug-likeness (QED) is 0.497. The third-order valence-corrected chi connectivity index (χ3v) is 2.48. The Morgan fingerprint density at radius 2 is 1.04 bits per heavy atom. The normalized spacial score (nSPS) is 12.9. The fraction of sp³-hybridized carbons (Fsp3) is 0.875. The SMILES string of the molecule is C.CC(C)C(=O)OC(C)C(F)(F)C(F)(F)F.CC(C)OC(=O)C(C)C. The summed E-state index contributed by atoms with van der Waals surface area (Å²) in [5, 5.41) is 0. The van der Waals surface area contributed by atoms with Gasteiger partial charge in [-0.05, 0) is 20.8 Å². The Hall–Kier alpha value is -1.41. The van der Waals surface area contributed by atoms with Crippen LogP contribution >= 0.6 is 0 Å². The third-order valence-electron chi connectivity index (χ3n) is 2.48. The predicted octanol–water partition coefficient (Wildman–Crippen LogP) is 5.00. The second-order valence-corrected chi connectivity index (χ2v) is 5.99. The van der Waals surface area contributed by atoms with Gasteiger partial charge in [-0.2, -0.15) is 22.0 Å². The first kappa shape index (κ1) is 28.4. The number of carbonyl (C=O) groups is 2. The molecule has 0 aromatic carbocycles. The van der Waals surface area contributed by atoms with Crippen molar-refractivity contribution in [1.29, 1.82) is 0 Å². The van der Waals surface area contributed by atoms with Crippen molar-refractivity contribution in [1.82, 2.24) is 0 Å². The molecule has 0 spiro atoms. The fourth-order valence-corrected chi connectivity index (χ4v) is 0.983. The van der Waals surface area contributed by atoms with E-state index in [0.717, 1.165) is 0 Å². The highest BCUT2D eigenvalue weighted by molar-refractivity contribution is 5.72. The lowest BCUT2D eigenvalue weighted by Gasteiger charge is -2.26. The molecule has 0 heterocycles. The smallest absolute Gasteiger partial charge is 0.457 e. The summed E-state index contributed by atoms with van der Waals surface area (Å²) in [7, 11) is 0. The number of halogens is 5. The molecule has 0 saturated carbocycles. The van der Waals surface area contributed by atoms with Crippen molar-refractivity contribution < 1.29 is 41.0 Å². The molecule has 0 N–H and O–H groups in total. The molecule has 152 valence electrons. The molecule has 4 nitrogen and oxygen atoms in total. The van der Waals surface area contributed by atoms with Gasteiger partial charge in [0.2, 0.25) is 0 Å². The Bertz CT molecular complexity index is 404. The number of hydrogen-bond donors (Lipinski definition) is 0. The Labute approximate surface area is 146 Å². The minimum absolute atomic E-state index is 0. The molecule has 0 rings (SSSR count). The Kier molecular flexibility index (Phi) is 12.8. The number of carbonyl (C=O) groups excluding carboxylic acids is 2. The molecule has 0 aromatic heterocycles.